The molecule has 14 nitrogen and oxygen atoms in total. The molecule has 0 saturated carbocycles. The summed E-state index contributed by atoms with van der Waals surface area (Å²) in [5, 5.41) is 22.3. The van der Waals surface area contributed by atoms with E-state index in [1.165, 1.54) is 21.7 Å². The number of carbonyl (C=O) groups excluding carboxylic acids is 2. The van der Waals surface area contributed by atoms with Gasteiger partial charge in [0.15, 0.2) is 17.3 Å². The number of rotatable bonds is 7. The van der Waals surface area contributed by atoms with Crippen molar-refractivity contribution in [1.82, 2.24) is 38.8 Å². The smallest absolute Gasteiger partial charge is 0.416 e. The van der Waals surface area contributed by atoms with Crippen molar-refractivity contribution in [3.8, 4) is 17.1 Å². The van der Waals surface area contributed by atoms with Crippen LogP contribution in [0.4, 0.5) is 28.9 Å². The zero-order valence-corrected chi connectivity index (χ0v) is 28.8. The molecule has 19 heteroatoms. The average Bonchev–Trinajstić information content (AvgIpc) is 3.74. The summed E-state index contributed by atoms with van der Waals surface area (Å²) in [7, 11) is 1.78. The highest BCUT2D eigenvalue weighted by Crippen LogP contribution is 2.32. The summed E-state index contributed by atoms with van der Waals surface area (Å²) in [6.07, 6.45) is -1.46. The molecule has 1 fully saturated rings. The zero-order chi connectivity index (χ0) is 37.8. The maximum Gasteiger partial charge on any atom is 0.416 e. The van der Waals surface area contributed by atoms with Crippen LogP contribution < -0.4 is 15.8 Å². The van der Waals surface area contributed by atoms with Gasteiger partial charge in [-0.1, -0.05) is 18.5 Å². The number of halogens is 5. The molecule has 7 rings (SSSR count). The minimum Gasteiger partial charge on any atom is -0.504 e. The number of aromatic nitrogens is 7. The quantitative estimate of drug-likeness (QED) is 0.224. The van der Waals surface area contributed by atoms with Gasteiger partial charge in [-0.05, 0) is 48.9 Å². The first-order valence-electron chi connectivity index (χ1n) is 16.2. The first-order chi connectivity index (χ1) is 25.2. The second-order valence-electron chi connectivity index (χ2n) is 12.3. The lowest BCUT2D eigenvalue weighted by Crippen LogP contribution is -2.51. The number of amides is 2. The van der Waals surface area contributed by atoms with Gasteiger partial charge in [0.05, 0.1) is 27.5 Å². The third kappa shape index (κ3) is 6.61. The molecule has 6 aromatic rings. The minimum absolute atomic E-state index is 0.00348. The van der Waals surface area contributed by atoms with Crippen molar-refractivity contribution in [3.63, 3.8) is 0 Å². The number of nitrogens with zero attached hydrogens (tertiary/aromatic N) is 9. The fourth-order valence-corrected chi connectivity index (χ4v) is 6.48. The Morgan fingerprint density at radius 1 is 1.04 bits per heavy atom. The van der Waals surface area contributed by atoms with E-state index in [0.717, 1.165) is 21.5 Å². The van der Waals surface area contributed by atoms with E-state index in [9.17, 15) is 37.1 Å². The van der Waals surface area contributed by atoms with E-state index >= 15 is 0 Å². The SMILES string of the molecule is CCc1c(N2CCN(C(=O)c3nccc(Cl)c3O)CC2)c(=O)n2nc(-c3ccc4nn(C)cc4c3)nc2n1CC(=O)Nc1ccc(C(F)(F)F)cc1F. The maximum atomic E-state index is 14.7. The van der Waals surface area contributed by atoms with Crippen molar-refractivity contribution in [1.29, 1.82) is 0 Å². The van der Waals surface area contributed by atoms with Crippen LogP contribution in [0.2, 0.25) is 5.02 Å². The lowest BCUT2D eigenvalue weighted by Gasteiger charge is -2.36. The third-order valence-electron chi connectivity index (χ3n) is 8.87. The Bertz CT molecular complexity index is 2490. The van der Waals surface area contributed by atoms with E-state index in [1.54, 1.807) is 47.9 Å². The number of carbonyl (C=O) groups is 2. The molecule has 0 unspecified atom stereocenters. The number of fused-ring (bicyclic) bond motifs is 2. The van der Waals surface area contributed by atoms with E-state index in [4.69, 9.17) is 11.6 Å². The maximum absolute atomic E-state index is 14.7. The largest absolute Gasteiger partial charge is 0.504 e. The van der Waals surface area contributed by atoms with E-state index in [-0.39, 0.29) is 60.6 Å². The average molecular weight is 753 g/mol. The number of aryl methyl sites for hydroxylation is 1. The Balaban J connectivity index is 1.27. The van der Waals surface area contributed by atoms with Gasteiger partial charge in [0.1, 0.15) is 18.0 Å². The predicted molar refractivity (Wildman–Crippen MR) is 185 cm³/mol. The first-order valence-corrected chi connectivity index (χ1v) is 16.6. The molecule has 0 spiro atoms. The molecule has 4 aromatic heterocycles. The van der Waals surface area contributed by atoms with Crippen molar-refractivity contribution in [3.05, 3.63) is 93.0 Å². The van der Waals surface area contributed by atoms with Gasteiger partial charge in [-0.2, -0.15) is 27.8 Å². The van der Waals surface area contributed by atoms with Crippen molar-refractivity contribution in [2.24, 2.45) is 7.05 Å². The van der Waals surface area contributed by atoms with Crippen molar-refractivity contribution in [2.45, 2.75) is 26.1 Å². The number of alkyl halides is 3. The topological polar surface area (TPSA) is 156 Å². The Labute approximate surface area is 301 Å². The van der Waals surface area contributed by atoms with Crippen LogP contribution in [0.3, 0.4) is 0 Å². The summed E-state index contributed by atoms with van der Waals surface area (Å²) in [5.41, 5.74) is -0.592. The molecule has 5 heterocycles. The van der Waals surface area contributed by atoms with Gasteiger partial charge in [0.25, 0.3) is 11.5 Å². The van der Waals surface area contributed by atoms with Crippen LogP contribution in [-0.2, 0) is 31.0 Å². The predicted octanol–water partition coefficient (Wildman–Crippen LogP) is 4.52. The van der Waals surface area contributed by atoms with Crippen molar-refractivity contribution in [2.75, 3.05) is 36.4 Å². The number of anilines is 2. The van der Waals surface area contributed by atoms with Crippen molar-refractivity contribution >= 4 is 51.5 Å². The molecule has 2 amide bonds. The number of nitrogens with one attached hydrogen (secondary N) is 1. The van der Waals surface area contributed by atoms with E-state index < -0.39 is 52.9 Å². The zero-order valence-electron chi connectivity index (χ0n) is 28.0. The summed E-state index contributed by atoms with van der Waals surface area (Å²) in [6, 6.07) is 8.44. The van der Waals surface area contributed by atoms with Crippen LogP contribution in [0.5, 0.6) is 5.75 Å². The van der Waals surface area contributed by atoms with Crippen LogP contribution in [0.1, 0.15) is 28.7 Å². The second kappa shape index (κ2) is 13.5. The van der Waals surface area contributed by atoms with Crippen LogP contribution >= 0.6 is 11.6 Å². The van der Waals surface area contributed by atoms with Gasteiger partial charge in [-0.3, -0.25) is 19.1 Å². The Hall–Kier alpha value is -6.04. The molecule has 0 radical (unpaired) electrons. The molecule has 1 aliphatic heterocycles. The monoisotopic (exact) mass is 752 g/mol. The number of aromatic hydroxyl groups is 1. The second-order valence-corrected chi connectivity index (χ2v) is 12.7. The van der Waals surface area contributed by atoms with Crippen LogP contribution in [0.25, 0.3) is 28.1 Å². The van der Waals surface area contributed by atoms with E-state index in [1.807, 2.05) is 0 Å². The van der Waals surface area contributed by atoms with Gasteiger partial charge >= 0.3 is 6.18 Å². The van der Waals surface area contributed by atoms with Crippen LogP contribution in [-0.4, -0.2) is 81.9 Å². The molecule has 0 bridgehead atoms. The summed E-state index contributed by atoms with van der Waals surface area (Å²) >= 11 is 5.98. The highest BCUT2D eigenvalue weighted by Gasteiger charge is 2.32. The van der Waals surface area contributed by atoms with Gasteiger partial charge < -0.3 is 24.8 Å². The highest BCUT2D eigenvalue weighted by molar-refractivity contribution is 6.32. The molecule has 2 N–H and O–H groups in total. The first kappa shape index (κ1) is 35.4. The molecule has 0 aliphatic carbocycles. The van der Waals surface area contributed by atoms with Crippen LogP contribution in [0.15, 0.2) is 59.7 Å². The molecule has 0 atom stereocenters. The standard InChI is InChI=1S/C34H29ClF4N10O4/c1-3-25-28(46-10-12-47(13-11-46)31(52)27-29(51)21(35)8-9-40-27)32(53)49-33(42-30(44-49)18-4-6-23-19(14-18)16-45(2)43-23)48(25)17-26(50)41-24-7-5-20(15-22(24)36)34(37,38)39/h4-9,14-16,51H,3,10-13,17H2,1-2H3,(H,41,50). The molecule has 1 saturated heterocycles. The van der Waals surface area contributed by atoms with Crippen molar-refractivity contribution < 1.29 is 32.3 Å². The number of hydrogen-bond acceptors (Lipinski definition) is 9. The fourth-order valence-electron chi connectivity index (χ4n) is 6.34. The third-order valence-corrected chi connectivity index (χ3v) is 9.18. The van der Waals surface area contributed by atoms with Crippen LogP contribution in [0, 0.1) is 5.82 Å². The Kier molecular flexibility index (Phi) is 9.01. The summed E-state index contributed by atoms with van der Waals surface area (Å²) in [5.74, 6) is -2.91. The fraction of sp³-hybridized carbons (Fsp3) is 0.265. The summed E-state index contributed by atoms with van der Waals surface area (Å²) in [6.45, 7) is 1.85. The number of hydrogen-bond donors (Lipinski definition) is 2. The van der Waals surface area contributed by atoms with E-state index in [2.05, 4.69) is 25.5 Å². The molecule has 53 heavy (non-hydrogen) atoms. The van der Waals surface area contributed by atoms with Gasteiger partial charge in [0, 0.05) is 56.6 Å². The molecule has 2 aromatic carbocycles. The van der Waals surface area contributed by atoms with Gasteiger partial charge in [0.2, 0.25) is 11.7 Å². The lowest BCUT2D eigenvalue weighted by atomic mass is 10.1. The number of benzene rings is 2. The molecule has 274 valence electrons. The molecular weight excluding hydrogens is 724 g/mol. The highest BCUT2D eigenvalue weighted by atomic mass is 35.5. The van der Waals surface area contributed by atoms with E-state index in [0.29, 0.717) is 23.4 Å². The minimum atomic E-state index is -4.78. The number of pyridine rings is 1. The normalized spacial score (nSPS) is 13.6. The Morgan fingerprint density at radius 2 is 1.79 bits per heavy atom. The van der Waals surface area contributed by atoms with Gasteiger partial charge in [-0.15, -0.1) is 5.10 Å². The summed E-state index contributed by atoms with van der Waals surface area (Å²) < 4.78 is 58.3. The summed E-state index contributed by atoms with van der Waals surface area (Å²) in [4.78, 5) is 52.8. The van der Waals surface area contributed by atoms with Gasteiger partial charge in [-0.25, -0.2) is 9.37 Å². The number of piperazine rings is 1. The lowest BCUT2D eigenvalue weighted by molar-refractivity contribution is -0.137. The molecular formula is C34H29ClF4N10O4. The Morgan fingerprint density at radius 3 is 2.49 bits per heavy atom. The molecule has 1 aliphatic rings.